The lowest BCUT2D eigenvalue weighted by Gasteiger charge is -2.10. The number of pyridine rings is 1. The smallest absolute Gasteiger partial charge is 0.325 e. The molecule has 0 bridgehead atoms. The number of rotatable bonds is 4. The van der Waals surface area contributed by atoms with E-state index in [-0.39, 0.29) is 10.9 Å². The molecule has 0 aromatic carbocycles. The fourth-order valence-corrected chi connectivity index (χ4v) is 2.83. The summed E-state index contributed by atoms with van der Waals surface area (Å²) in [5.74, 6) is -0.805. The molecule has 0 aliphatic rings. The van der Waals surface area contributed by atoms with Gasteiger partial charge in [-0.15, -0.1) is 0 Å². The summed E-state index contributed by atoms with van der Waals surface area (Å²) in [6.45, 7) is -1.28. The molecule has 0 N–H and O–H groups in total. The molecule has 2 heterocycles. The number of halogens is 3. The number of nitrogens with zero attached hydrogens (tertiary/aromatic N) is 3. The fraction of sp³-hybridized carbons (Fsp3) is 0.273. The molecular weight excluding hydrogens is 295 g/mol. The summed E-state index contributed by atoms with van der Waals surface area (Å²) in [6.07, 6.45) is -0.912. The van der Waals surface area contributed by atoms with Crippen molar-refractivity contribution < 1.29 is 21.6 Å². The first kappa shape index (κ1) is 14.5. The van der Waals surface area contributed by atoms with Crippen LogP contribution in [0.2, 0.25) is 0 Å². The van der Waals surface area contributed by atoms with Crippen LogP contribution in [-0.2, 0) is 22.1 Å². The highest BCUT2D eigenvalue weighted by atomic mass is 32.2. The van der Waals surface area contributed by atoms with Crippen LogP contribution in [0, 0.1) is 0 Å². The van der Waals surface area contributed by atoms with Crippen molar-refractivity contribution in [3.05, 3.63) is 42.6 Å². The molecule has 9 heteroatoms. The highest BCUT2D eigenvalue weighted by Crippen LogP contribution is 2.20. The second kappa shape index (κ2) is 5.23. The Labute approximate surface area is 113 Å². The third kappa shape index (κ3) is 3.56. The van der Waals surface area contributed by atoms with Gasteiger partial charge < -0.3 is 4.57 Å². The number of sulfone groups is 1. The maximum Gasteiger partial charge on any atom is 0.406 e. The molecule has 0 atom stereocenters. The Bertz CT molecular complexity index is 680. The molecule has 0 amide bonds. The van der Waals surface area contributed by atoms with Gasteiger partial charge in [-0.25, -0.2) is 18.4 Å². The largest absolute Gasteiger partial charge is 0.406 e. The zero-order valence-electron chi connectivity index (χ0n) is 10.1. The summed E-state index contributed by atoms with van der Waals surface area (Å²) >= 11 is 0. The maximum absolute atomic E-state index is 12.3. The summed E-state index contributed by atoms with van der Waals surface area (Å²) < 4.78 is 61.8. The Morgan fingerprint density at radius 1 is 1.15 bits per heavy atom. The number of alkyl halides is 3. The topological polar surface area (TPSA) is 64.8 Å². The normalized spacial score (nSPS) is 12.6. The van der Waals surface area contributed by atoms with Crippen LogP contribution < -0.4 is 0 Å². The molecule has 0 radical (unpaired) electrons. The van der Waals surface area contributed by atoms with Crippen molar-refractivity contribution in [1.82, 2.24) is 14.5 Å². The van der Waals surface area contributed by atoms with Crippen LogP contribution in [0.5, 0.6) is 0 Å². The van der Waals surface area contributed by atoms with Crippen molar-refractivity contribution >= 4 is 9.84 Å². The molecule has 0 fully saturated rings. The highest BCUT2D eigenvalue weighted by molar-refractivity contribution is 7.90. The van der Waals surface area contributed by atoms with E-state index in [1.165, 1.54) is 18.3 Å². The van der Waals surface area contributed by atoms with E-state index in [2.05, 4.69) is 9.97 Å². The SMILES string of the molecule is O=S(=O)(Cc1nccn1CC(F)(F)F)c1ccccn1. The Hall–Kier alpha value is -1.90. The third-order valence-corrected chi connectivity index (χ3v) is 3.94. The van der Waals surface area contributed by atoms with E-state index in [1.54, 1.807) is 6.07 Å². The number of aromatic nitrogens is 3. The van der Waals surface area contributed by atoms with Crippen LogP contribution in [0.15, 0.2) is 41.8 Å². The average Bonchev–Trinajstić information content (AvgIpc) is 2.75. The van der Waals surface area contributed by atoms with E-state index in [9.17, 15) is 21.6 Å². The van der Waals surface area contributed by atoms with Gasteiger partial charge >= 0.3 is 6.18 Å². The van der Waals surface area contributed by atoms with Gasteiger partial charge in [0.15, 0.2) is 5.03 Å². The van der Waals surface area contributed by atoms with Crippen LogP contribution in [0.1, 0.15) is 5.82 Å². The molecule has 0 spiro atoms. The van der Waals surface area contributed by atoms with Gasteiger partial charge in [0.1, 0.15) is 18.1 Å². The molecule has 2 aromatic rings. The second-order valence-corrected chi connectivity index (χ2v) is 5.95. The van der Waals surface area contributed by atoms with Crippen molar-refractivity contribution in [3.8, 4) is 0 Å². The van der Waals surface area contributed by atoms with Gasteiger partial charge in [0.05, 0.1) is 0 Å². The zero-order valence-corrected chi connectivity index (χ0v) is 10.9. The molecular formula is C11H10F3N3O2S. The quantitative estimate of drug-likeness (QED) is 0.864. The minimum atomic E-state index is -4.44. The van der Waals surface area contributed by atoms with Gasteiger partial charge in [0.25, 0.3) is 0 Å². The van der Waals surface area contributed by atoms with E-state index >= 15 is 0 Å². The van der Waals surface area contributed by atoms with Gasteiger partial charge in [-0.05, 0) is 12.1 Å². The van der Waals surface area contributed by atoms with Crippen LogP contribution in [0.25, 0.3) is 0 Å². The van der Waals surface area contributed by atoms with E-state index in [1.807, 2.05) is 0 Å². The number of imidazole rings is 1. The minimum absolute atomic E-state index is 0.173. The molecule has 0 saturated carbocycles. The Morgan fingerprint density at radius 2 is 1.90 bits per heavy atom. The first-order valence-electron chi connectivity index (χ1n) is 5.48. The molecule has 0 saturated heterocycles. The van der Waals surface area contributed by atoms with Crippen molar-refractivity contribution in [2.24, 2.45) is 0 Å². The van der Waals surface area contributed by atoms with Crippen molar-refractivity contribution in [2.45, 2.75) is 23.5 Å². The standard InChI is InChI=1S/C11H10F3N3O2S/c12-11(13,14)8-17-6-5-15-9(17)7-20(18,19)10-3-1-2-4-16-10/h1-6H,7-8H2. The maximum atomic E-state index is 12.3. The molecule has 0 aliphatic carbocycles. The lowest BCUT2D eigenvalue weighted by molar-refractivity contribution is -0.141. The van der Waals surface area contributed by atoms with Gasteiger partial charge in [-0.2, -0.15) is 13.2 Å². The highest BCUT2D eigenvalue weighted by Gasteiger charge is 2.30. The van der Waals surface area contributed by atoms with Gasteiger partial charge in [0.2, 0.25) is 9.84 Å². The fourth-order valence-electron chi connectivity index (χ4n) is 1.59. The molecule has 5 nitrogen and oxygen atoms in total. The average molecular weight is 305 g/mol. The lowest BCUT2D eigenvalue weighted by atomic mass is 10.5. The van der Waals surface area contributed by atoms with Gasteiger partial charge in [-0.3, -0.25) is 0 Å². The van der Waals surface area contributed by atoms with E-state index in [0.29, 0.717) is 0 Å². The van der Waals surface area contributed by atoms with Gasteiger partial charge in [-0.1, -0.05) is 6.07 Å². The summed E-state index contributed by atoms with van der Waals surface area (Å²) in [6, 6.07) is 4.32. The van der Waals surface area contributed by atoms with Crippen molar-refractivity contribution in [2.75, 3.05) is 0 Å². The first-order valence-corrected chi connectivity index (χ1v) is 7.14. The van der Waals surface area contributed by atoms with Crippen molar-refractivity contribution in [1.29, 1.82) is 0 Å². The molecule has 20 heavy (non-hydrogen) atoms. The lowest BCUT2D eigenvalue weighted by Crippen LogP contribution is -2.20. The molecule has 2 rings (SSSR count). The minimum Gasteiger partial charge on any atom is -0.325 e. The second-order valence-electron chi connectivity index (χ2n) is 4.01. The molecule has 0 aliphatic heterocycles. The third-order valence-electron chi connectivity index (χ3n) is 2.43. The monoisotopic (exact) mass is 305 g/mol. The predicted molar refractivity (Wildman–Crippen MR) is 63.4 cm³/mol. The van der Waals surface area contributed by atoms with Crippen LogP contribution in [-0.4, -0.2) is 29.1 Å². The van der Waals surface area contributed by atoms with Crippen LogP contribution >= 0.6 is 0 Å². The van der Waals surface area contributed by atoms with Crippen molar-refractivity contribution in [3.63, 3.8) is 0 Å². The number of hydrogen-bond donors (Lipinski definition) is 0. The Morgan fingerprint density at radius 3 is 2.50 bits per heavy atom. The van der Waals surface area contributed by atoms with E-state index in [4.69, 9.17) is 0 Å². The summed E-state index contributed by atoms with van der Waals surface area (Å²) in [5.41, 5.74) is 0. The zero-order chi connectivity index (χ0) is 14.8. The van der Waals surface area contributed by atoms with Crippen LogP contribution in [0.4, 0.5) is 13.2 Å². The Kier molecular flexibility index (Phi) is 3.80. The molecule has 108 valence electrons. The molecule has 2 aromatic heterocycles. The van der Waals surface area contributed by atoms with Crippen LogP contribution in [0.3, 0.4) is 0 Å². The molecule has 0 unspecified atom stereocenters. The van der Waals surface area contributed by atoms with E-state index in [0.717, 1.165) is 17.0 Å². The summed E-state index contributed by atoms with van der Waals surface area (Å²) in [7, 11) is -3.82. The summed E-state index contributed by atoms with van der Waals surface area (Å²) in [5, 5.41) is -0.193. The first-order chi connectivity index (χ1) is 9.28. The van der Waals surface area contributed by atoms with Gasteiger partial charge in [0, 0.05) is 18.6 Å². The summed E-state index contributed by atoms with van der Waals surface area (Å²) in [4.78, 5) is 7.36. The Balaban J connectivity index is 2.25. The van der Waals surface area contributed by atoms with E-state index < -0.39 is 28.3 Å². The predicted octanol–water partition coefficient (Wildman–Crippen LogP) is 1.81. The number of hydrogen-bond acceptors (Lipinski definition) is 4.